The van der Waals surface area contributed by atoms with Crippen LogP contribution in [0.4, 0.5) is 4.79 Å². The summed E-state index contributed by atoms with van der Waals surface area (Å²) < 4.78 is 50.3. The highest BCUT2D eigenvalue weighted by Crippen LogP contribution is 2.51. The monoisotopic (exact) mass is 929 g/mol. The molecule has 0 aliphatic carbocycles. The fraction of sp³-hybridized carbons (Fsp3) is 0.520. The minimum atomic E-state index is -2.12. The largest absolute Gasteiger partial charge is 0.543 e. The number of aliphatic hydroxyl groups is 1. The summed E-state index contributed by atoms with van der Waals surface area (Å²) in [5.41, 5.74) is 2.98. The highest BCUT2D eigenvalue weighted by molar-refractivity contribution is 8.00. The van der Waals surface area contributed by atoms with E-state index in [0.717, 1.165) is 38.4 Å². The van der Waals surface area contributed by atoms with Crippen LogP contribution in [0.15, 0.2) is 85.6 Å². The first-order chi connectivity index (χ1) is 31.0. The SMILES string of the molecule is C=CCOC(=O)N(C(C)C)[C@H]1CO[C@@H](O[C@H]2[C@@H](OC)O[C@H](C)[C@@](SC)(C(O)c3nccc4c3[nH]c3ccc(O[Si](C)(C)C(C)(C)C)cc34)[C@@H]2OCc2ccc3ccccc3c2)C[C@@H]1OC. The van der Waals surface area contributed by atoms with Crippen molar-refractivity contribution in [1.82, 2.24) is 14.9 Å². The van der Waals surface area contributed by atoms with Crippen molar-refractivity contribution < 1.29 is 47.5 Å². The number of aliphatic hydroxyl groups excluding tert-OH is 1. The molecule has 5 aromatic rings. The molecule has 13 nitrogen and oxygen atoms in total. The Kier molecular flexibility index (Phi) is 15.1. The van der Waals surface area contributed by atoms with Gasteiger partial charge in [0.1, 0.15) is 35.4 Å². The Hall–Kier alpha value is -4.03. The summed E-state index contributed by atoms with van der Waals surface area (Å²) in [6.07, 6.45) is -0.882. The van der Waals surface area contributed by atoms with Crippen LogP contribution in [0.2, 0.25) is 18.1 Å². The molecule has 9 atom stereocenters. The lowest BCUT2D eigenvalue weighted by molar-refractivity contribution is -0.332. The predicted octanol–water partition coefficient (Wildman–Crippen LogP) is 9.91. The number of nitrogens with one attached hydrogen (secondary N) is 1. The lowest BCUT2D eigenvalue weighted by Gasteiger charge is -2.54. The van der Waals surface area contributed by atoms with E-state index in [2.05, 4.69) is 81.8 Å². The lowest BCUT2D eigenvalue weighted by atomic mass is 9.81. The summed E-state index contributed by atoms with van der Waals surface area (Å²) in [6, 6.07) is 21.9. The van der Waals surface area contributed by atoms with E-state index in [1.807, 2.05) is 57.4 Å². The molecule has 2 saturated heterocycles. The van der Waals surface area contributed by atoms with Gasteiger partial charge in [0.2, 0.25) is 8.32 Å². The topological polar surface area (TPSA) is 143 Å². The van der Waals surface area contributed by atoms with Gasteiger partial charge in [-0.2, -0.15) is 0 Å². The van der Waals surface area contributed by atoms with Gasteiger partial charge in [-0.25, -0.2) is 4.79 Å². The molecule has 0 spiro atoms. The van der Waals surface area contributed by atoms with Gasteiger partial charge in [-0.1, -0.05) is 69.8 Å². The molecule has 2 N–H and O–H groups in total. The van der Waals surface area contributed by atoms with Crippen LogP contribution in [0.25, 0.3) is 32.6 Å². The fourth-order valence-electron chi connectivity index (χ4n) is 9.05. The number of hydrogen-bond donors (Lipinski definition) is 2. The minimum absolute atomic E-state index is 0.0254. The Morgan fingerprint density at radius 2 is 1.83 bits per heavy atom. The van der Waals surface area contributed by atoms with Gasteiger partial charge in [0.25, 0.3) is 0 Å². The van der Waals surface area contributed by atoms with E-state index < -0.39 is 68.3 Å². The molecule has 15 heteroatoms. The van der Waals surface area contributed by atoms with Gasteiger partial charge in [-0.05, 0) is 91.8 Å². The molecule has 0 bridgehead atoms. The zero-order chi connectivity index (χ0) is 46.8. The van der Waals surface area contributed by atoms with Crippen molar-refractivity contribution in [3.05, 3.63) is 96.8 Å². The molecular weight excluding hydrogens is 863 g/mol. The van der Waals surface area contributed by atoms with Crippen molar-refractivity contribution in [2.45, 2.75) is 133 Å². The van der Waals surface area contributed by atoms with E-state index in [1.54, 1.807) is 25.3 Å². The minimum Gasteiger partial charge on any atom is -0.543 e. The number of thioether (sulfide) groups is 1. The molecule has 2 aliphatic heterocycles. The first kappa shape index (κ1) is 48.9. The zero-order valence-corrected chi connectivity index (χ0v) is 41.5. The number of carbonyl (C=O) groups is 1. The molecule has 2 aromatic heterocycles. The molecule has 65 heavy (non-hydrogen) atoms. The van der Waals surface area contributed by atoms with Gasteiger partial charge in [0.05, 0.1) is 42.7 Å². The number of benzene rings is 3. The van der Waals surface area contributed by atoms with Crippen LogP contribution in [0, 0.1) is 0 Å². The van der Waals surface area contributed by atoms with Crippen molar-refractivity contribution >= 4 is 58.8 Å². The lowest BCUT2D eigenvalue weighted by Crippen LogP contribution is -2.68. The zero-order valence-electron chi connectivity index (χ0n) is 39.7. The molecule has 3 aromatic carbocycles. The summed E-state index contributed by atoms with van der Waals surface area (Å²) in [6.45, 7) is 21.0. The van der Waals surface area contributed by atoms with Crippen LogP contribution in [-0.2, 0) is 39.8 Å². The number of fused-ring (bicyclic) bond motifs is 4. The number of methoxy groups -OCH3 is 2. The highest BCUT2D eigenvalue weighted by Gasteiger charge is 2.61. The second-order valence-corrected chi connectivity index (χ2v) is 24.7. The number of aromatic amines is 1. The maximum absolute atomic E-state index is 13.3. The maximum Gasteiger partial charge on any atom is 0.410 e. The molecule has 0 saturated carbocycles. The highest BCUT2D eigenvalue weighted by atomic mass is 32.2. The van der Waals surface area contributed by atoms with E-state index in [4.69, 9.17) is 42.6 Å². The van der Waals surface area contributed by atoms with E-state index in [-0.39, 0.29) is 37.3 Å². The van der Waals surface area contributed by atoms with Gasteiger partial charge in [0, 0.05) is 49.2 Å². The summed E-state index contributed by atoms with van der Waals surface area (Å²) in [5, 5.41) is 17.2. The number of nitrogens with zero attached hydrogens (tertiary/aromatic N) is 2. The third kappa shape index (κ3) is 9.72. The van der Waals surface area contributed by atoms with Gasteiger partial charge in [-0.3, -0.25) is 9.88 Å². The molecule has 2 aliphatic rings. The number of rotatable bonds is 16. The molecule has 4 heterocycles. The Bertz CT molecular complexity index is 2440. The van der Waals surface area contributed by atoms with Crippen LogP contribution in [0.1, 0.15) is 65.3 Å². The van der Waals surface area contributed by atoms with Gasteiger partial charge >= 0.3 is 6.09 Å². The third-order valence-electron chi connectivity index (χ3n) is 13.6. The number of pyridine rings is 1. The molecule has 7 rings (SSSR count). The van der Waals surface area contributed by atoms with Gasteiger partial charge in [0.15, 0.2) is 12.6 Å². The first-order valence-corrected chi connectivity index (χ1v) is 26.6. The Morgan fingerprint density at radius 3 is 2.51 bits per heavy atom. The standard InChI is InChI=1S/C50H67N3O10SSi/c1-13-24-58-48(55)53(30(2)3)39-29-59-41(27-40(39)56-8)62-44-46(60-28-32-18-19-33-16-14-15-17-34(33)25-32)50(64-10,31(4)61-47(44)57-9)45(54)43-42-36(22-23-51-43)37-26-35(20-21-38(37)52-42)63-65(11,12)49(5,6)7/h13-23,25-26,30-31,39-41,44-47,52,54H,1,24,27-29H2,2-12H3/t31-,39+,40+,41+,44-,45?,46-,47+,50-/m1/s1. The second-order valence-electron chi connectivity index (χ2n) is 18.9. The summed E-state index contributed by atoms with van der Waals surface area (Å²) in [5.74, 6) is 0.808. The average Bonchev–Trinajstić information content (AvgIpc) is 3.65. The molecule has 2 fully saturated rings. The molecule has 352 valence electrons. The van der Waals surface area contributed by atoms with Crippen LogP contribution in [0.5, 0.6) is 5.75 Å². The quantitative estimate of drug-likeness (QED) is 0.0718. The van der Waals surface area contributed by atoms with Crippen molar-refractivity contribution in [1.29, 1.82) is 0 Å². The second kappa shape index (κ2) is 20.1. The van der Waals surface area contributed by atoms with E-state index in [1.165, 1.54) is 17.8 Å². The number of amides is 1. The molecule has 0 radical (unpaired) electrons. The predicted molar refractivity (Wildman–Crippen MR) is 259 cm³/mol. The normalized spacial score (nSPS) is 25.8. The van der Waals surface area contributed by atoms with Crippen LogP contribution in [0.3, 0.4) is 0 Å². The van der Waals surface area contributed by atoms with Crippen LogP contribution < -0.4 is 4.43 Å². The number of carbonyl (C=O) groups excluding carboxylic acids is 1. The van der Waals surface area contributed by atoms with Crippen LogP contribution in [-0.4, -0.2) is 122 Å². The first-order valence-electron chi connectivity index (χ1n) is 22.4. The van der Waals surface area contributed by atoms with E-state index in [0.29, 0.717) is 11.2 Å². The average molecular weight is 930 g/mol. The van der Waals surface area contributed by atoms with Crippen molar-refractivity contribution in [3.8, 4) is 5.75 Å². The van der Waals surface area contributed by atoms with Crippen molar-refractivity contribution in [2.75, 3.05) is 33.7 Å². The molecule has 1 unspecified atom stereocenters. The van der Waals surface area contributed by atoms with Crippen molar-refractivity contribution in [3.63, 3.8) is 0 Å². The molecular formula is C50H67N3O10SSi. The van der Waals surface area contributed by atoms with Crippen LogP contribution >= 0.6 is 11.8 Å². The Morgan fingerprint density at radius 1 is 1.08 bits per heavy atom. The van der Waals surface area contributed by atoms with Gasteiger partial charge < -0.3 is 47.7 Å². The van der Waals surface area contributed by atoms with Crippen molar-refractivity contribution in [2.24, 2.45) is 0 Å². The summed E-state index contributed by atoms with van der Waals surface area (Å²) in [7, 11) is 1.06. The number of hydrogen-bond acceptors (Lipinski definition) is 12. The smallest absolute Gasteiger partial charge is 0.410 e. The third-order valence-corrected chi connectivity index (χ3v) is 19.4. The van der Waals surface area contributed by atoms with E-state index in [9.17, 15) is 9.90 Å². The summed E-state index contributed by atoms with van der Waals surface area (Å²) in [4.78, 5) is 23.4. The fourth-order valence-corrected chi connectivity index (χ4v) is 11.2. The number of H-pyrrole nitrogens is 1. The Balaban J connectivity index is 1.27. The number of ether oxygens (including phenoxy) is 7. The van der Waals surface area contributed by atoms with Gasteiger partial charge in [-0.15, -0.1) is 11.8 Å². The van der Waals surface area contributed by atoms with E-state index >= 15 is 0 Å². The Labute approximate surface area is 388 Å². The summed E-state index contributed by atoms with van der Waals surface area (Å²) >= 11 is 1.44. The maximum atomic E-state index is 13.3. The molecule has 1 amide bonds. The number of aromatic nitrogens is 2.